The Kier molecular flexibility index (Phi) is 4.03. The SMILES string of the molecule is O=C(O)c1ccc(CNC2(c3nccs3)CCCC2)cc1. The standard InChI is InChI=1S/C16H18N2O2S/c19-14(20)13-5-3-12(4-6-13)11-18-16(7-1-2-8-16)15-17-9-10-21-15/h3-6,9-10,18H,1-2,7-8,11H2,(H,19,20). The first-order valence-corrected chi connectivity index (χ1v) is 8.05. The maximum absolute atomic E-state index is 10.9. The fourth-order valence-corrected chi connectivity index (χ4v) is 3.82. The van der Waals surface area contributed by atoms with Crippen LogP contribution in [-0.2, 0) is 12.1 Å². The van der Waals surface area contributed by atoms with Crippen LogP contribution >= 0.6 is 11.3 Å². The molecule has 2 aromatic rings. The molecule has 3 rings (SSSR count). The highest BCUT2D eigenvalue weighted by Gasteiger charge is 2.37. The van der Waals surface area contributed by atoms with Gasteiger partial charge in [0.1, 0.15) is 5.01 Å². The zero-order chi connectivity index (χ0) is 14.7. The molecule has 2 N–H and O–H groups in total. The van der Waals surface area contributed by atoms with E-state index in [4.69, 9.17) is 5.11 Å². The number of thiazole rings is 1. The third-order valence-electron chi connectivity index (χ3n) is 4.13. The maximum atomic E-state index is 10.9. The van der Waals surface area contributed by atoms with E-state index in [2.05, 4.69) is 10.3 Å². The number of carbonyl (C=O) groups is 1. The van der Waals surface area contributed by atoms with Gasteiger partial charge in [0, 0.05) is 18.1 Å². The second-order valence-electron chi connectivity index (χ2n) is 5.48. The number of nitrogens with zero attached hydrogens (tertiary/aromatic N) is 1. The van der Waals surface area contributed by atoms with Crippen LogP contribution in [0.1, 0.15) is 46.6 Å². The molecule has 5 heteroatoms. The second-order valence-corrected chi connectivity index (χ2v) is 6.38. The van der Waals surface area contributed by atoms with Gasteiger partial charge in [0.05, 0.1) is 11.1 Å². The van der Waals surface area contributed by atoms with Crippen LogP contribution in [0.3, 0.4) is 0 Å². The second kappa shape index (κ2) is 5.95. The van der Waals surface area contributed by atoms with Crippen molar-refractivity contribution in [2.45, 2.75) is 37.8 Å². The van der Waals surface area contributed by atoms with Gasteiger partial charge in [-0.2, -0.15) is 0 Å². The Morgan fingerprint density at radius 1 is 1.29 bits per heavy atom. The first kappa shape index (κ1) is 14.2. The molecule has 4 nitrogen and oxygen atoms in total. The summed E-state index contributed by atoms with van der Waals surface area (Å²) in [5.74, 6) is -0.885. The maximum Gasteiger partial charge on any atom is 0.335 e. The Balaban J connectivity index is 1.71. The van der Waals surface area contributed by atoms with Gasteiger partial charge in [-0.05, 0) is 30.5 Å². The van der Waals surface area contributed by atoms with Crippen molar-refractivity contribution in [3.8, 4) is 0 Å². The number of hydrogen-bond acceptors (Lipinski definition) is 4. The number of rotatable bonds is 5. The molecule has 0 radical (unpaired) electrons. The smallest absolute Gasteiger partial charge is 0.335 e. The van der Waals surface area contributed by atoms with Gasteiger partial charge in [-0.15, -0.1) is 11.3 Å². The minimum Gasteiger partial charge on any atom is -0.478 e. The van der Waals surface area contributed by atoms with Gasteiger partial charge in [-0.25, -0.2) is 9.78 Å². The van der Waals surface area contributed by atoms with E-state index in [1.807, 2.05) is 23.7 Å². The van der Waals surface area contributed by atoms with E-state index >= 15 is 0 Å². The van der Waals surface area contributed by atoms with Crippen molar-refractivity contribution in [1.29, 1.82) is 0 Å². The first-order valence-electron chi connectivity index (χ1n) is 7.17. The normalized spacial score (nSPS) is 17.0. The molecular formula is C16H18N2O2S. The van der Waals surface area contributed by atoms with Crippen LogP contribution in [0.5, 0.6) is 0 Å². The minimum absolute atomic E-state index is 0.000361. The molecule has 0 atom stereocenters. The number of nitrogens with one attached hydrogen (secondary N) is 1. The van der Waals surface area contributed by atoms with Gasteiger partial charge in [0.2, 0.25) is 0 Å². The quantitative estimate of drug-likeness (QED) is 0.888. The number of carboxylic acid groups (broad SMARTS) is 1. The predicted molar refractivity (Wildman–Crippen MR) is 82.5 cm³/mol. The van der Waals surface area contributed by atoms with Crippen LogP contribution < -0.4 is 5.32 Å². The summed E-state index contributed by atoms with van der Waals surface area (Å²) in [4.78, 5) is 15.4. The predicted octanol–water partition coefficient (Wildman–Crippen LogP) is 3.40. The molecule has 1 aliphatic rings. The van der Waals surface area contributed by atoms with Crippen LogP contribution in [0.2, 0.25) is 0 Å². The van der Waals surface area contributed by atoms with Gasteiger partial charge in [0.15, 0.2) is 0 Å². The Hall–Kier alpha value is -1.72. The Labute approximate surface area is 127 Å². The molecule has 0 spiro atoms. The van der Waals surface area contributed by atoms with Gasteiger partial charge >= 0.3 is 5.97 Å². The molecule has 1 fully saturated rings. The van der Waals surface area contributed by atoms with Crippen LogP contribution in [0.15, 0.2) is 35.8 Å². The lowest BCUT2D eigenvalue weighted by Crippen LogP contribution is -2.39. The summed E-state index contributed by atoms with van der Waals surface area (Å²) < 4.78 is 0. The largest absolute Gasteiger partial charge is 0.478 e. The van der Waals surface area contributed by atoms with Crippen molar-refractivity contribution in [2.24, 2.45) is 0 Å². The average molecular weight is 302 g/mol. The highest BCUT2D eigenvalue weighted by molar-refractivity contribution is 7.09. The van der Waals surface area contributed by atoms with Crippen LogP contribution in [0.25, 0.3) is 0 Å². The van der Waals surface area contributed by atoms with Crippen molar-refractivity contribution in [1.82, 2.24) is 10.3 Å². The van der Waals surface area contributed by atoms with Crippen LogP contribution in [0.4, 0.5) is 0 Å². The summed E-state index contributed by atoms with van der Waals surface area (Å²) in [5.41, 5.74) is 1.43. The zero-order valence-corrected chi connectivity index (χ0v) is 12.5. The Morgan fingerprint density at radius 3 is 2.57 bits per heavy atom. The van der Waals surface area contributed by atoms with Gasteiger partial charge < -0.3 is 10.4 Å². The third-order valence-corrected chi connectivity index (χ3v) is 5.11. The summed E-state index contributed by atoms with van der Waals surface area (Å²) in [6.45, 7) is 0.736. The molecule has 0 aliphatic heterocycles. The van der Waals surface area contributed by atoms with E-state index in [0.29, 0.717) is 5.56 Å². The van der Waals surface area contributed by atoms with Crippen molar-refractivity contribution < 1.29 is 9.90 Å². The van der Waals surface area contributed by atoms with Gasteiger partial charge in [-0.3, -0.25) is 0 Å². The van der Waals surface area contributed by atoms with Crippen LogP contribution in [-0.4, -0.2) is 16.1 Å². The molecule has 1 saturated carbocycles. The molecule has 1 aromatic heterocycles. The molecule has 110 valence electrons. The molecule has 0 amide bonds. The summed E-state index contributed by atoms with van der Waals surface area (Å²) in [6.07, 6.45) is 6.56. The Morgan fingerprint density at radius 2 is 2.00 bits per heavy atom. The molecule has 1 aromatic carbocycles. The fraction of sp³-hybridized carbons (Fsp3) is 0.375. The van der Waals surface area contributed by atoms with E-state index in [-0.39, 0.29) is 5.54 Å². The molecule has 1 heterocycles. The molecule has 1 aliphatic carbocycles. The van der Waals surface area contributed by atoms with E-state index in [9.17, 15) is 4.79 Å². The number of aromatic carboxylic acids is 1. The van der Waals surface area contributed by atoms with E-state index in [1.54, 1.807) is 23.5 Å². The highest BCUT2D eigenvalue weighted by atomic mass is 32.1. The molecule has 0 unspecified atom stereocenters. The third kappa shape index (κ3) is 2.99. The van der Waals surface area contributed by atoms with E-state index < -0.39 is 5.97 Å². The molecule has 0 saturated heterocycles. The van der Waals surface area contributed by atoms with Crippen LogP contribution in [0, 0.1) is 0 Å². The van der Waals surface area contributed by atoms with E-state index in [1.165, 1.54) is 17.8 Å². The van der Waals surface area contributed by atoms with Crippen molar-refractivity contribution in [3.63, 3.8) is 0 Å². The summed E-state index contributed by atoms with van der Waals surface area (Å²) in [6, 6.07) is 7.07. The van der Waals surface area contributed by atoms with Crippen molar-refractivity contribution in [3.05, 3.63) is 52.0 Å². The number of benzene rings is 1. The monoisotopic (exact) mass is 302 g/mol. The molecule has 21 heavy (non-hydrogen) atoms. The lowest BCUT2D eigenvalue weighted by molar-refractivity contribution is 0.0697. The lowest BCUT2D eigenvalue weighted by Gasteiger charge is -2.28. The average Bonchev–Trinajstić information content (AvgIpc) is 3.17. The number of aromatic nitrogens is 1. The summed E-state index contributed by atoms with van der Waals surface area (Å²) in [5, 5.41) is 15.8. The van der Waals surface area contributed by atoms with Crippen molar-refractivity contribution in [2.75, 3.05) is 0 Å². The summed E-state index contributed by atoms with van der Waals surface area (Å²) >= 11 is 1.71. The fourth-order valence-electron chi connectivity index (χ4n) is 2.94. The lowest BCUT2D eigenvalue weighted by atomic mass is 9.98. The zero-order valence-electron chi connectivity index (χ0n) is 11.7. The summed E-state index contributed by atoms with van der Waals surface area (Å²) in [7, 11) is 0. The number of carboxylic acids is 1. The van der Waals surface area contributed by atoms with Gasteiger partial charge in [0.25, 0.3) is 0 Å². The number of hydrogen-bond donors (Lipinski definition) is 2. The minimum atomic E-state index is -0.885. The highest BCUT2D eigenvalue weighted by Crippen LogP contribution is 2.39. The molecular weight excluding hydrogens is 284 g/mol. The Bertz CT molecular complexity index is 602. The topological polar surface area (TPSA) is 62.2 Å². The van der Waals surface area contributed by atoms with Gasteiger partial charge in [-0.1, -0.05) is 25.0 Å². The van der Waals surface area contributed by atoms with E-state index in [0.717, 1.165) is 24.9 Å². The van der Waals surface area contributed by atoms with Crippen molar-refractivity contribution >= 4 is 17.3 Å². The molecule has 0 bridgehead atoms. The first-order chi connectivity index (χ1) is 10.2.